The van der Waals surface area contributed by atoms with Gasteiger partial charge in [0.25, 0.3) is 5.91 Å². The van der Waals surface area contributed by atoms with Crippen LogP contribution in [0.1, 0.15) is 30.6 Å². The fourth-order valence-electron chi connectivity index (χ4n) is 2.61. The average Bonchev–Trinajstić information content (AvgIpc) is 2.64. The van der Waals surface area contributed by atoms with E-state index >= 15 is 0 Å². The number of aliphatic imine (C=N–C) groups is 1. The summed E-state index contributed by atoms with van der Waals surface area (Å²) in [6.45, 7) is 8.39. The fourth-order valence-corrected chi connectivity index (χ4v) is 3.79. The third-order valence-electron chi connectivity index (χ3n) is 3.92. The summed E-state index contributed by atoms with van der Waals surface area (Å²) >= 11 is 2.05. The number of halogens is 1. The van der Waals surface area contributed by atoms with Crippen LogP contribution < -0.4 is 10.6 Å². The summed E-state index contributed by atoms with van der Waals surface area (Å²) < 4.78 is 0. The number of nitrogens with one attached hydrogen (secondary N) is 2. The van der Waals surface area contributed by atoms with Gasteiger partial charge >= 0.3 is 0 Å². The first-order valence-electron chi connectivity index (χ1n) is 8.72. The van der Waals surface area contributed by atoms with Gasteiger partial charge in [-0.2, -0.15) is 11.8 Å². The Labute approximate surface area is 172 Å². The van der Waals surface area contributed by atoms with Crippen LogP contribution in [-0.4, -0.2) is 60.5 Å². The highest BCUT2D eigenvalue weighted by molar-refractivity contribution is 14.0. The molecule has 1 aromatic carbocycles. The van der Waals surface area contributed by atoms with Crippen LogP contribution >= 0.6 is 35.7 Å². The monoisotopic (exact) mass is 476 g/mol. The molecule has 0 spiro atoms. The van der Waals surface area contributed by atoms with E-state index in [1.54, 1.807) is 0 Å². The van der Waals surface area contributed by atoms with Gasteiger partial charge in [-0.1, -0.05) is 25.1 Å². The first-order valence-corrected chi connectivity index (χ1v) is 9.77. The molecule has 2 rings (SSSR count). The summed E-state index contributed by atoms with van der Waals surface area (Å²) in [5.41, 5.74) is 0.687. The second kappa shape index (κ2) is 12.4. The maximum Gasteiger partial charge on any atom is 0.251 e. The molecule has 25 heavy (non-hydrogen) atoms. The maximum absolute atomic E-state index is 12.0. The van der Waals surface area contributed by atoms with Crippen molar-refractivity contribution in [3.8, 4) is 0 Å². The number of amides is 1. The second-order valence-electron chi connectivity index (χ2n) is 5.70. The predicted molar refractivity (Wildman–Crippen MR) is 118 cm³/mol. The lowest BCUT2D eigenvalue weighted by Gasteiger charge is -2.34. The van der Waals surface area contributed by atoms with Gasteiger partial charge in [0.15, 0.2) is 5.96 Å². The van der Waals surface area contributed by atoms with E-state index in [-0.39, 0.29) is 29.9 Å². The maximum atomic E-state index is 12.0. The highest BCUT2D eigenvalue weighted by Gasteiger charge is 2.21. The van der Waals surface area contributed by atoms with Crippen LogP contribution in [0.15, 0.2) is 35.3 Å². The molecule has 1 aromatic rings. The number of carbonyl (C=O) groups excluding carboxylic acids is 1. The van der Waals surface area contributed by atoms with Crippen LogP contribution in [0.25, 0.3) is 0 Å². The van der Waals surface area contributed by atoms with Crippen molar-refractivity contribution in [1.82, 2.24) is 15.5 Å². The van der Waals surface area contributed by atoms with Gasteiger partial charge in [0.05, 0.1) is 6.54 Å². The van der Waals surface area contributed by atoms with Gasteiger partial charge in [0, 0.05) is 42.7 Å². The quantitative estimate of drug-likeness (QED) is 0.287. The Morgan fingerprint density at radius 1 is 1.28 bits per heavy atom. The van der Waals surface area contributed by atoms with Gasteiger partial charge in [-0.25, -0.2) is 0 Å². The molecular formula is C18H29IN4OS. The first-order chi connectivity index (χ1) is 11.7. The third-order valence-corrected chi connectivity index (χ3v) is 5.30. The van der Waals surface area contributed by atoms with Crippen molar-refractivity contribution < 1.29 is 4.79 Å². The number of guanidine groups is 1. The molecule has 1 atom stereocenters. The van der Waals surface area contributed by atoms with Crippen molar-refractivity contribution >= 4 is 47.6 Å². The standard InChI is InChI=1S/C18H28N4OS.HI/c1-3-16-14-22(12-13-24-16)18(19-4-2)21-11-10-20-17(23)15-8-6-5-7-9-15;/h5-9,16H,3-4,10-14H2,1-2H3,(H,19,21)(H,20,23);1H. The lowest BCUT2D eigenvalue weighted by atomic mass is 10.2. The molecule has 7 heteroatoms. The topological polar surface area (TPSA) is 56.7 Å². The number of rotatable bonds is 6. The Morgan fingerprint density at radius 2 is 2.04 bits per heavy atom. The molecule has 1 aliphatic rings. The molecule has 0 aromatic heterocycles. The van der Waals surface area contributed by atoms with E-state index in [2.05, 4.69) is 46.1 Å². The summed E-state index contributed by atoms with van der Waals surface area (Å²) in [6.07, 6.45) is 1.19. The zero-order chi connectivity index (χ0) is 17.2. The summed E-state index contributed by atoms with van der Waals surface area (Å²) in [4.78, 5) is 19.0. The van der Waals surface area contributed by atoms with Crippen molar-refractivity contribution in [2.75, 3.05) is 38.5 Å². The highest BCUT2D eigenvalue weighted by atomic mass is 127. The van der Waals surface area contributed by atoms with Gasteiger partial charge in [0.1, 0.15) is 0 Å². The second-order valence-corrected chi connectivity index (χ2v) is 7.11. The van der Waals surface area contributed by atoms with Crippen LogP contribution in [0, 0.1) is 0 Å². The van der Waals surface area contributed by atoms with Crippen LogP contribution in [0.2, 0.25) is 0 Å². The average molecular weight is 476 g/mol. The molecule has 0 saturated carbocycles. The summed E-state index contributed by atoms with van der Waals surface area (Å²) in [5.74, 6) is 2.06. The number of thioether (sulfide) groups is 1. The molecular weight excluding hydrogens is 447 g/mol. The van der Waals surface area contributed by atoms with E-state index in [4.69, 9.17) is 0 Å². The van der Waals surface area contributed by atoms with E-state index < -0.39 is 0 Å². The minimum atomic E-state index is -0.0452. The van der Waals surface area contributed by atoms with Crippen LogP contribution in [0.3, 0.4) is 0 Å². The molecule has 1 heterocycles. The van der Waals surface area contributed by atoms with Crippen LogP contribution in [0.5, 0.6) is 0 Å². The van der Waals surface area contributed by atoms with Crippen molar-refractivity contribution in [3.05, 3.63) is 35.9 Å². The summed E-state index contributed by atoms with van der Waals surface area (Å²) in [5, 5.41) is 6.97. The number of carbonyl (C=O) groups is 1. The van der Waals surface area contributed by atoms with Crippen molar-refractivity contribution in [2.45, 2.75) is 25.5 Å². The number of hydrogen-bond acceptors (Lipinski definition) is 3. The lowest BCUT2D eigenvalue weighted by molar-refractivity contribution is 0.0955. The van der Waals surface area contributed by atoms with Crippen molar-refractivity contribution in [2.24, 2.45) is 4.99 Å². The van der Waals surface area contributed by atoms with Gasteiger partial charge in [-0.15, -0.1) is 24.0 Å². The predicted octanol–water partition coefficient (Wildman–Crippen LogP) is 2.83. The van der Waals surface area contributed by atoms with E-state index in [0.29, 0.717) is 23.9 Å². The minimum absolute atomic E-state index is 0. The fraction of sp³-hybridized carbons (Fsp3) is 0.556. The van der Waals surface area contributed by atoms with E-state index in [1.165, 1.54) is 6.42 Å². The molecule has 1 saturated heterocycles. The minimum Gasteiger partial charge on any atom is -0.357 e. The molecule has 0 bridgehead atoms. The number of nitrogens with zero attached hydrogens (tertiary/aromatic N) is 2. The first kappa shape index (κ1) is 22.1. The van der Waals surface area contributed by atoms with Gasteiger partial charge in [-0.05, 0) is 25.5 Å². The van der Waals surface area contributed by atoms with Crippen molar-refractivity contribution in [3.63, 3.8) is 0 Å². The Morgan fingerprint density at radius 3 is 2.72 bits per heavy atom. The van der Waals surface area contributed by atoms with Gasteiger partial charge < -0.3 is 15.5 Å². The normalized spacial score (nSPS) is 17.6. The Kier molecular flexibility index (Phi) is 11.0. The molecule has 1 fully saturated rings. The highest BCUT2D eigenvalue weighted by Crippen LogP contribution is 2.20. The Balaban J connectivity index is 0.00000312. The molecule has 1 amide bonds. The van der Waals surface area contributed by atoms with Crippen LogP contribution in [0.4, 0.5) is 0 Å². The largest absolute Gasteiger partial charge is 0.357 e. The SMILES string of the molecule is CCNC(=NCCNC(=O)c1ccccc1)N1CCSC(CC)C1.I. The molecule has 2 N–H and O–H groups in total. The van der Waals surface area contributed by atoms with Crippen molar-refractivity contribution in [1.29, 1.82) is 0 Å². The summed E-state index contributed by atoms with van der Waals surface area (Å²) in [6, 6.07) is 9.28. The third kappa shape index (κ3) is 7.43. The lowest BCUT2D eigenvalue weighted by Crippen LogP contribution is -2.48. The Bertz CT molecular complexity index is 541. The van der Waals surface area contributed by atoms with E-state index in [9.17, 15) is 4.79 Å². The van der Waals surface area contributed by atoms with Gasteiger partial charge in [-0.3, -0.25) is 9.79 Å². The Hall–Kier alpha value is -0.960. The molecule has 140 valence electrons. The molecule has 5 nitrogen and oxygen atoms in total. The molecule has 1 unspecified atom stereocenters. The zero-order valence-corrected chi connectivity index (χ0v) is 18.2. The number of hydrogen-bond donors (Lipinski definition) is 2. The number of benzene rings is 1. The van der Waals surface area contributed by atoms with E-state index in [1.807, 2.05) is 30.3 Å². The van der Waals surface area contributed by atoms with Gasteiger partial charge in [0.2, 0.25) is 0 Å². The summed E-state index contributed by atoms with van der Waals surface area (Å²) in [7, 11) is 0. The molecule has 1 aliphatic heterocycles. The zero-order valence-electron chi connectivity index (χ0n) is 15.0. The van der Waals surface area contributed by atoms with Crippen LogP contribution in [-0.2, 0) is 0 Å². The van der Waals surface area contributed by atoms with E-state index in [0.717, 1.165) is 31.3 Å². The molecule has 0 radical (unpaired) electrons. The molecule has 0 aliphatic carbocycles. The smallest absolute Gasteiger partial charge is 0.251 e.